The van der Waals surface area contributed by atoms with Crippen molar-refractivity contribution in [1.29, 1.82) is 0 Å². The van der Waals surface area contributed by atoms with Gasteiger partial charge >= 0.3 is 0 Å². The second-order valence-electron chi connectivity index (χ2n) is 5.89. The van der Waals surface area contributed by atoms with Gasteiger partial charge in [-0.05, 0) is 23.5 Å². The summed E-state index contributed by atoms with van der Waals surface area (Å²) in [6.07, 6.45) is 1.14. The van der Waals surface area contributed by atoms with Crippen LogP contribution in [0.15, 0.2) is 24.3 Å². The van der Waals surface area contributed by atoms with Crippen molar-refractivity contribution in [3.63, 3.8) is 0 Å². The van der Waals surface area contributed by atoms with E-state index in [0.717, 1.165) is 12.0 Å². The number of hydrogen-bond acceptors (Lipinski definition) is 4. The molecule has 0 saturated carbocycles. The van der Waals surface area contributed by atoms with Gasteiger partial charge in [-0.15, -0.1) is 0 Å². The van der Waals surface area contributed by atoms with E-state index in [1.165, 1.54) is 5.56 Å². The molecule has 0 aliphatic carbocycles. The molecule has 0 aliphatic rings. The van der Waals surface area contributed by atoms with Crippen LogP contribution in [0.25, 0.3) is 0 Å². The maximum atomic E-state index is 11.9. The van der Waals surface area contributed by atoms with Crippen LogP contribution in [0.3, 0.4) is 0 Å². The van der Waals surface area contributed by atoms with E-state index >= 15 is 0 Å². The number of aliphatic hydroxyl groups is 3. The largest absolute Gasteiger partial charge is 0.394 e. The molecule has 0 aliphatic heterocycles. The quantitative estimate of drug-likeness (QED) is 0.554. The third-order valence-electron chi connectivity index (χ3n) is 3.34. The minimum absolute atomic E-state index is 0.143. The van der Waals surface area contributed by atoms with Crippen molar-refractivity contribution in [2.45, 2.75) is 32.2 Å². The predicted molar refractivity (Wildman–Crippen MR) is 80.8 cm³/mol. The Hall–Kier alpha value is -1.43. The van der Waals surface area contributed by atoms with Gasteiger partial charge in [0.25, 0.3) is 0 Å². The molecule has 0 saturated heterocycles. The van der Waals surface area contributed by atoms with Gasteiger partial charge in [0.1, 0.15) is 5.54 Å². The molecular weight excluding hydrogens is 270 g/mol. The molecule has 0 fully saturated rings. The molecule has 118 valence electrons. The van der Waals surface area contributed by atoms with E-state index in [1.54, 1.807) is 0 Å². The highest BCUT2D eigenvalue weighted by atomic mass is 16.3. The smallest absolute Gasteiger partial charge is 0.225 e. The minimum Gasteiger partial charge on any atom is -0.394 e. The van der Waals surface area contributed by atoms with Crippen molar-refractivity contribution in [2.75, 3.05) is 19.8 Å². The van der Waals surface area contributed by atoms with E-state index in [-0.39, 0.29) is 12.3 Å². The maximum absolute atomic E-state index is 11.9. The van der Waals surface area contributed by atoms with Gasteiger partial charge in [-0.2, -0.15) is 0 Å². The lowest BCUT2D eigenvalue weighted by Crippen LogP contribution is -2.57. The molecule has 0 atom stereocenters. The van der Waals surface area contributed by atoms with Gasteiger partial charge < -0.3 is 20.6 Å². The summed E-state index contributed by atoms with van der Waals surface area (Å²) in [5.41, 5.74) is 0.710. The van der Waals surface area contributed by atoms with Gasteiger partial charge in [-0.25, -0.2) is 0 Å². The van der Waals surface area contributed by atoms with E-state index in [2.05, 4.69) is 19.2 Å². The molecule has 21 heavy (non-hydrogen) atoms. The van der Waals surface area contributed by atoms with Crippen molar-refractivity contribution in [3.05, 3.63) is 35.4 Å². The van der Waals surface area contributed by atoms with Crippen LogP contribution in [0.2, 0.25) is 0 Å². The summed E-state index contributed by atoms with van der Waals surface area (Å²) in [5, 5.41) is 30.0. The molecule has 1 aromatic carbocycles. The molecular formula is C16H25NO4. The zero-order valence-corrected chi connectivity index (χ0v) is 12.7. The van der Waals surface area contributed by atoms with Crippen LogP contribution in [-0.4, -0.2) is 46.6 Å². The Morgan fingerprint density at radius 1 is 1.05 bits per heavy atom. The SMILES string of the molecule is CC(C)Cc1ccc(CC(=O)NC(CO)(CO)CO)cc1. The fraction of sp³-hybridized carbons (Fsp3) is 0.562. The lowest BCUT2D eigenvalue weighted by molar-refractivity contribution is -0.124. The topological polar surface area (TPSA) is 89.8 Å². The summed E-state index contributed by atoms with van der Waals surface area (Å²) in [7, 11) is 0. The molecule has 1 amide bonds. The molecule has 0 bridgehead atoms. The first-order chi connectivity index (χ1) is 9.94. The Morgan fingerprint density at radius 3 is 1.95 bits per heavy atom. The summed E-state index contributed by atoms with van der Waals surface area (Å²) < 4.78 is 0. The molecule has 0 heterocycles. The second-order valence-corrected chi connectivity index (χ2v) is 5.89. The number of hydrogen-bond donors (Lipinski definition) is 4. The fourth-order valence-corrected chi connectivity index (χ4v) is 2.06. The molecule has 5 nitrogen and oxygen atoms in total. The molecule has 0 aromatic heterocycles. The number of rotatable bonds is 8. The van der Waals surface area contributed by atoms with Crippen LogP contribution in [0.5, 0.6) is 0 Å². The lowest BCUT2D eigenvalue weighted by Gasteiger charge is -2.28. The van der Waals surface area contributed by atoms with Crippen molar-refractivity contribution >= 4 is 5.91 Å². The third-order valence-corrected chi connectivity index (χ3v) is 3.34. The Morgan fingerprint density at radius 2 is 1.52 bits per heavy atom. The van der Waals surface area contributed by atoms with Crippen LogP contribution < -0.4 is 5.32 Å². The van der Waals surface area contributed by atoms with Crippen molar-refractivity contribution in [2.24, 2.45) is 5.92 Å². The van der Waals surface area contributed by atoms with Gasteiger partial charge in [0.2, 0.25) is 5.91 Å². The summed E-state index contributed by atoms with van der Waals surface area (Å²) >= 11 is 0. The average molecular weight is 295 g/mol. The highest BCUT2D eigenvalue weighted by Gasteiger charge is 2.29. The summed E-state index contributed by atoms with van der Waals surface area (Å²) in [5.74, 6) is 0.238. The molecule has 4 N–H and O–H groups in total. The standard InChI is InChI=1S/C16H25NO4/c1-12(2)7-13-3-5-14(6-4-13)8-15(21)17-16(9-18,10-19)11-20/h3-6,12,18-20H,7-11H2,1-2H3,(H,17,21). The van der Waals surface area contributed by atoms with Gasteiger partial charge in [-0.1, -0.05) is 38.1 Å². The fourth-order valence-electron chi connectivity index (χ4n) is 2.06. The monoisotopic (exact) mass is 295 g/mol. The van der Waals surface area contributed by atoms with Gasteiger partial charge in [0, 0.05) is 0 Å². The van der Waals surface area contributed by atoms with Crippen LogP contribution in [0, 0.1) is 5.92 Å². The first-order valence-electron chi connectivity index (χ1n) is 7.16. The van der Waals surface area contributed by atoms with E-state index in [1.807, 2.05) is 24.3 Å². The third kappa shape index (κ3) is 5.46. The molecule has 5 heteroatoms. The van der Waals surface area contributed by atoms with E-state index in [0.29, 0.717) is 5.92 Å². The lowest BCUT2D eigenvalue weighted by atomic mass is 10.00. The second kappa shape index (κ2) is 8.12. The first kappa shape index (κ1) is 17.6. The maximum Gasteiger partial charge on any atom is 0.225 e. The minimum atomic E-state index is -1.37. The summed E-state index contributed by atoms with van der Waals surface area (Å²) in [6, 6.07) is 7.80. The van der Waals surface area contributed by atoms with E-state index < -0.39 is 25.4 Å². The van der Waals surface area contributed by atoms with E-state index in [9.17, 15) is 20.1 Å². The van der Waals surface area contributed by atoms with Crippen molar-refractivity contribution < 1.29 is 20.1 Å². The van der Waals surface area contributed by atoms with Crippen molar-refractivity contribution in [3.8, 4) is 0 Å². The van der Waals surface area contributed by atoms with Gasteiger partial charge in [0.05, 0.1) is 26.2 Å². The first-order valence-corrected chi connectivity index (χ1v) is 7.16. The number of nitrogens with one attached hydrogen (secondary N) is 1. The Balaban J connectivity index is 2.62. The highest BCUT2D eigenvalue weighted by Crippen LogP contribution is 2.11. The average Bonchev–Trinajstić information content (AvgIpc) is 2.46. The number of aliphatic hydroxyl groups excluding tert-OH is 3. The molecule has 1 rings (SSSR count). The number of carbonyl (C=O) groups excluding carboxylic acids is 1. The van der Waals surface area contributed by atoms with Crippen LogP contribution in [0.4, 0.5) is 0 Å². The number of amides is 1. The van der Waals surface area contributed by atoms with Crippen LogP contribution in [-0.2, 0) is 17.6 Å². The Kier molecular flexibility index (Phi) is 6.81. The van der Waals surface area contributed by atoms with Crippen LogP contribution in [0.1, 0.15) is 25.0 Å². The van der Waals surface area contributed by atoms with Crippen LogP contribution >= 0.6 is 0 Å². The predicted octanol–water partition coefficient (Wildman–Crippen LogP) is 0.260. The summed E-state index contributed by atoms with van der Waals surface area (Å²) in [4.78, 5) is 11.9. The highest BCUT2D eigenvalue weighted by molar-refractivity contribution is 5.79. The van der Waals surface area contributed by atoms with Gasteiger partial charge in [0.15, 0.2) is 0 Å². The molecule has 0 radical (unpaired) electrons. The van der Waals surface area contributed by atoms with Crippen molar-refractivity contribution in [1.82, 2.24) is 5.32 Å². The zero-order chi connectivity index (χ0) is 15.9. The molecule has 0 unspecified atom stereocenters. The number of benzene rings is 1. The normalized spacial score (nSPS) is 11.7. The summed E-state index contributed by atoms with van der Waals surface area (Å²) in [6.45, 7) is 2.76. The molecule has 1 aromatic rings. The Bertz CT molecular complexity index is 430. The zero-order valence-electron chi connectivity index (χ0n) is 12.7. The Labute approximate surface area is 125 Å². The number of carbonyl (C=O) groups is 1. The van der Waals surface area contributed by atoms with Gasteiger partial charge in [-0.3, -0.25) is 4.79 Å². The molecule has 0 spiro atoms. The van der Waals surface area contributed by atoms with E-state index in [4.69, 9.17) is 0 Å².